The van der Waals surface area contributed by atoms with Crippen LogP contribution in [0.5, 0.6) is 5.75 Å². The van der Waals surface area contributed by atoms with E-state index in [0.717, 1.165) is 24.2 Å². The highest BCUT2D eigenvalue weighted by molar-refractivity contribution is 7.71. The molecular weight excluding hydrogens is 338 g/mol. The molecule has 0 saturated carbocycles. The van der Waals surface area contributed by atoms with Gasteiger partial charge in [-0.25, -0.2) is 0 Å². The van der Waals surface area contributed by atoms with E-state index < -0.39 is 6.61 Å². The molecule has 0 aliphatic heterocycles. The predicted octanol–water partition coefficient (Wildman–Crippen LogP) is 2.81. The van der Waals surface area contributed by atoms with Gasteiger partial charge in [-0.05, 0) is 36.3 Å². The fourth-order valence-corrected chi connectivity index (χ4v) is 2.33. The standard InChI is InChI=1S/C15H18F2N4O2S/c1-2-3-12-19-20-15(24)21(12)9-13(22)18-8-10-4-6-11(7-5-10)23-14(16)17/h4-7,14H,2-3,8-9H2,1H3,(H,18,22)(H,20,24). The second-order valence-corrected chi connectivity index (χ2v) is 5.47. The molecule has 0 aliphatic rings. The van der Waals surface area contributed by atoms with Gasteiger partial charge in [0.25, 0.3) is 0 Å². The van der Waals surface area contributed by atoms with Crippen molar-refractivity contribution in [1.29, 1.82) is 0 Å². The van der Waals surface area contributed by atoms with Crippen molar-refractivity contribution in [2.24, 2.45) is 0 Å². The quantitative estimate of drug-likeness (QED) is 0.714. The normalized spacial score (nSPS) is 10.8. The molecule has 0 aliphatic carbocycles. The van der Waals surface area contributed by atoms with Crippen molar-refractivity contribution in [2.45, 2.75) is 39.5 Å². The molecule has 6 nitrogen and oxygen atoms in total. The maximum absolute atomic E-state index is 12.1. The monoisotopic (exact) mass is 356 g/mol. The fourth-order valence-electron chi connectivity index (χ4n) is 2.12. The van der Waals surface area contributed by atoms with E-state index in [1.165, 1.54) is 12.1 Å². The minimum atomic E-state index is -2.85. The fraction of sp³-hybridized carbons (Fsp3) is 0.400. The van der Waals surface area contributed by atoms with Crippen LogP contribution in [0, 0.1) is 4.77 Å². The summed E-state index contributed by atoms with van der Waals surface area (Å²) in [5.74, 6) is 0.609. The van der Waals surface area contributed by atoms with Gasteiger partial charge in [0.1, 0.15) is 18.1 Å². The molecule has 1 aromatic heterocycles. The lowest BCUT2D eigenvalue weighted by molar-refractivity contribution is -0.121. The zero-order chi connectivity index (χ0) is 17.5. The van der Waals surface area contributed by atoms with Crippen LogP contribution in [0.3, 0.4) is 0 Å². The Hall–Kier alpha value is -2.29. The van der Waals surface area contributed by atoms with Gasteiger partial charge in [0, 0.05) is 13.0 Å². The summed E-state index contributed by atoms with van der Waals surface area (Å²) in [5, 5.41) is 9.54. The molecule has 0 saturated heterocycles. The van der Waals surface area contributed by atoms with E-state index in [0.29, 0.717) is 4.77 Å². The number of hydrogen-bond acceptors (Lipinski definition) is 4. The zero-order valence-electron chi connectivity index (χ0n) is 13.1. The summed E-state index contributed by atoms with van der Waals surface area (Å²) in [6.45, 7) is -0.476. The van der Waals surface area contributed by atoms with Gasteiger partial charge in [0.2, 0.25) is 5.91 Å². The number of benzene rings is 1. The Balaban J connectivity index is 1.89. The van der Waals surface area contributed by atoms with Crippen LogP contribution in [0.2, 0.25) is 0 Å². The molecule has 2 aromatic rings. The molecule has 0 spiro atoms. The number of aromatic nitrogens is 3. The Morgan fingerprint density at radius 1 is 1.42 bits per heavy atom. The van der Waals surface area contributed by atoms with Crippen molar-refractivity contribution in [3.8, 4) is 5.75 Å². The second kappa shape index (κ2) is 8.53. The topological polar surface area (TPSA) is 71.9 Å². The lowest BCUT2D eigenvalue weighted by atomic mass is 10.2. The smallest absolute Gasteiger partial charge is 0.387 e. The highest BCUT2D eigenvalue weighted by Crippen LogP contribution is 2.14. The van der Waals surface area contributed by atoms with E-state index in [1.807, 2.05) is 6.92 Å². The molecule has 0 bridgehead atoms. The van der Waals surface area contributed by atoms with Gasteiger partial charge in [-0.1, -0.05) is 19.1 Å². The van der Waals surface area contributed by atoms with E-state index >= 15 is 0 Å². The maximum Gasteiger partial charge on any atom is 0.387 e. The van der Waals surface area contributed by atoms with E-state index in [4.69, 9.17) is 12.2 Å². The molecule has 1 amide bonds. The summed E-state index contributed by atoms with van der Waals surface area (Å²) in [6.07, 6.45) is 1.63. The molecule has 9 heteroatoms. The number of carbonyl (C=O) groups is 1. The number of carbonyl (C=O) groups excluding carboxylic acids is 1. The zero-order valence-corrected chi connectivity index (χ0v) is 13.9. The third-order valence-electron chi connectivity index (χ3n) is 3.25. The van der Waals surface area contributed by atoms with Gasteiger partial charge >= 0.3 is 6.61 Å². The molecule has 0 radical (unpaired) electrons. The van der Waals surface area contributed by atoms with E-state index in [2.05, 4.69) is 20.3 Å². The number of nitrogens with zero attached hydrogens (tertiary/aromatic N) is 2. The first kappa shape index (κ1) is 18.1. The maximum atomic E-state index is 12.1. The highest BCUT2D eigenvalue weighted by atomic mass is 32.1. The van der Waals surface area contributed by atoms with Crippen LogP contribution in [0.4, 0.5) is 8.78 Å². The first-order valence-electron chi connectivity index (χ1n) is 7.44. The van der Waals surface area contributed by atoms with Crippen molar-refractivity contribution >= 4 is 18.1 Å². The molecule has 2 rings (SSSR count). The summed E-state index contributed by atoms with van der Waals surface area (Å²) in [7, 11) is 0. The van der Waals surface area contributed by atoms with Gasteiger partial charge in [0.05, 0.1) is 0 Å². The first-order valence-corrected chi connectivity index (χ1v) is 7.85. The number of hydrogen-bond donors (Lipinski definition) is 2. The van der Waals surface area contributed by atoms with Crippen LogP contribution in [-0.4, -0.2) is 27.3 Å². The van der Waals surface area contributed by atoms with Gasteiger partial charge in [-0.15, -0.1) is 0 Å². The summed E-state index contributed by atoms with van der Waals surface area (Å²) < 4.78 is 30.5. The lowest BCUT2D eigenvalue weighted by Gasteiger charge is -2.09. The van der Waals surface area contributed by atoms with Crippen LogP contribution in [0.25, 0.3) is 0 Å². The molecule has 130 valence electrons. The number of aryl methyl sites for hydroxylation is 1. The number of H-pyrrole nitrogens is 1. The first-order chi connectivity index (χ1) is 11.5. The second-order valence-electron chi connectivity index (χ2n) is 5.08. The minimum absolute atomic E-state index is 0.0778. The summed E-state index contributed by atoms with van der Waals surface area (Å²) in [4.78, 5) is 12.1. The van der Waals surface area contributed by atoms with Gasteiger partial charge in [0.15, 0.2) is 4.77 Å². The van der Waals surface area contributed by atoms with Crippen LogP contribution >= 0.6 is 12.2 Å². The summed E-state index contributed by atoms with van der Waals surface area (Å²) >= 11 is 5.12. The van der Waals surface area contributed by atoms with Crippen molar-refractivity contribution in [1.82, 2.24) is 20.1 Å². The van der Waals surface area contributed by atoms with E-state index in [-0.39, 0.29) is 24.7 Å². The molecule has 24 heavy (non-hydrogen) atoms. The summed E-state index contributed by atoms with van der Waals surface area (Å²) in [6, 6.07) is 6.09. The largest absolute Gasteiger partial charge is 0.435 e. The average Bonchev–Trinajstić information content (AvgIpc) is 2.87. The molecular formula is C15H18F2N4O2S. The number of amides is 1. The molecule has 1 heterocycles. The molecule has 2 N–H and O–H groups in total. The van der Waals surface area contributed by atoms with Crippen LogP contribution < -0.4 is 10.1 Å². The minimum Gasteiger partial charge on any atom is -0.435 e. The highest BCUT2D eigenvalue weighted by Gasteiger charge is 2.10. The molecule has 0 unspecified atom stereocenters. The number of halogens is 2. The van der Waals surface area contributed by atoms with Crippen molar-refractivity contribution in [3.63, 3.8) is 0 Å². The molecule has 0 atom stereocenters. The van der Waals surface area contributed by atoms with Gasteiger partial charge in [-0.2, -0.15) is 13.9 Å². The SMILES string of the molecule is CCCc1n[nH]c(=S)n1CC(=O)NCc1ccc(OC(F)F)cc1. The van der Waals surface area contributed by atoms with Crippen molar-refractivity contribution in [2.75, 3.05) is 0 Å². The summed E-state index contributed by atoms with van der Waals surface area (Å²) in [5.41, 5.74) is 0.773. The predicted molar refractivity (Wildman–Crippen MR) is 86.3 cm³/mol. The van der Waals surface area contributed by atoms with E-state index in [1.54, 1.807) is 16.7 Å². The Bertz CT molecular complexity index is 728. The van der Waals surface area contributed by atoms with Crippen LogP contribution in [0.15, 0.2) is 24.3 Å². The number of aromatic amines is 1. The lowest BCUT2D eigenvalue weighted by Crippen LogP contribution is -2.27. The third kappa shape index (κ3) is 5.12. The number of rotatable bonds is 8. The Morgan fingerprint density at radius 2 is 2.12 bits per heavy atom. The molecule has 1 aromatic carbocycles. The van der Waals surface area contributed by atoms with Crippen molar-refractivity contribution < 1.29 is 18.3 Å². The van der Waals surface area contributed by atoms with Crippen molar-refractivity contribution in [3.05, 3.63) is 40.4 Å². The number of nitrogens with one attached hydrogen (secondary N) is 2. The number of ether oxygens (including phenoxy) is 1. The average molecular weight is 356 g/mol. The Morgan fingerprint density at radius 3 is 2.75 bits per heavy atom. The third-order valence-corrected chi connectivity index (χ3v) is 3.56. The Labute approximate surface area is 142 Å². The molecule has 0 fully saturated rings. The Kier molecular flexibility index (Phi) is 6.42. The van der Waals surface area contributed by atoms with Gasteiger partial charge < -0.3 is 10.1 Å². The van der Waals surface area contributed by atoms with Crippen LogP contribution in [-0.2, 0) is 24.3 Å². The van der Waals surface area contributed by atoms with Gasteiger partial charge in [-0.3, -0.25) is 14.5 Å². The van der Waals surface area contributed by atoms with E-state index in [9.17, 15) is 13.6 Å². The van der Waals surface area contributed by atoms with Crippen LogP contribution in [0.1, 0.15) is 24.7 Å². The number of alkyl halides is 2.